The molecule has 4 aromatic rings. The van der Waals surface area contributed by atoms with Gasteiger partial charge in [-0.2, -0.15) is 4.98 Å². The van der Waals surface area contributed by atoms with Crippen LogP contribution < -0.4 is 10.2 Å². The highest BCUT2D eigenvalue weighted by atomic mass is 16.5. The Morgan fingerprint density at radius 1 is 1.08 bits per heavy atom. The first-order chi connectivity index (χ1) is 17.5. The summed E-state index contributed by atoms with van der Waals surface area (Å²) in [6.07, 6.45) is 1.91. The summed E-state index contributed by atoms with van der Waals surface area (Å²) >= 11 is 0. The normalized spacial score (nSPS) is 14.3. The van der Waals surface area contributed by atoms with Gasteiger partial charge in [-0.1, -0.05) is 50.2 Å². The van der Waals surface area contributed by atoms with Crippen LogP contribution in [0.25, 0.3) is 22.2 Å². The summed E-state index contributed by atoms with van der Waals surface area (Å²) < 4.78 is 11.6. The molecule has 1 aliphatic heterocycles. The lowest BCUT2D eigenvalue weighted by atomic mass is 9.97. The zero-order chi connectivity index (χ0) is 25.1. The number of para-hydroxylation sites is 2. The van der Waals surface area contributed by atoms with Crippen molar-refractivity contribution in [2.75, 3.05) is 30.0 Å². The zero-order valence-electron chi connectivity index (χ0n) is 20.6. The van der Waals surface area contributed by atoms with Crippen LogP contribution in [0, 0.1) is 5.92 Å². The molecule has 5 rings (SSSR count). The van der Waals surface area contributed by atoms with E-state index in [2.05, 4.69) is 35.1 Å². The second kappa shape index (κ2) is 10.4. The fourth-order valence-corrected chi connectivity index (χ4v) is 4.85. The first-order valence-electron chi connectivity index (χ1n) is 12.4. The first kappa shape index (κ1) is 23.9. The van der Waals surface area contributed by atoms with Gasteiger partial charge in [-0.15, -0.1) is 0 Å². The molecule has 1 saturated heterocycles. The topological polar surface area (TPSA) is 87.8 Å². The molecule has 0 atom stereocenters. The van der Waals surface area contributed by atoms with E-state index in [1.165, 1.54) is 0 Å². The fourth-order valence-electron chi connectivity index (χ4n) is 4.85. The van der Waals surface area contributed by atoms with E-state index < -0.39 is 5.97 Å². The molecule has 0 bridgehead atoms. The number of anilines is 3. The number of benzene rings is 3. The molecular formula is C29H31N3O4. The molecule has 1 aliphatic rings. The summed E-state index contributed by atoms with van der Waals surface area (Å²) in [6, 6.07) is 21.6. The zero-order valence-corrected chi connectivity index (χ0v) is 20.6. The van der Waals surface area contributed by atoms with Crippen LogP contribution in [-0.4, -0.2) is 41.9 Å². The average Bonchev–Trinajstić information content (AvgIpc) is 3.30. The number of rotatable bonds is 8. The number of carboxylic acids is 1. The minimum Gasteiger partial charge on any atom is -0.478 e. The maximum atomic E-state index is 11.9. The van der Waals surface area contributed by atoms with E-state index in [9.17, 15) is 9.90 Å². The molecule has 0 saturated carbocycles. The number of ether oxygens (including phenoxy) is 1. The number of hydrogen-bond acceptors (Lipinski definition) is 6. The second-order valence-electron chi connectivity index (χ2n) is 9.58. The minimum absolute atomic E-state index is 0.265. The van der Waals surface area contributed by atoms with Crippen molar-refractivity contribution in [2.45, 2.75) is 32.7 Å². The van der Waals surface area contributed by atoms with E-state index >= 15 is 0 Å². The summed E-state index contributed by atoms with van der Waals surface area (Å²) in [4.78, 5) is 19.0. The SMILES string of the molecule is CC(C)CN(c1ccc(-c2ccccc2C(=O)O)cc1Nc1nc2ccccc2o1)C1CCOCC1. The van der Waals surface area contributed by atoms with Crippen molar-refractivity contribution in [1.29, 1.82) is 0 Å². The molecule has 2 N–H and O–H groups in total. The highest BCUT2D eigenvalue weighted by Gasteiger charge is 2.25. The van der Waals surface area contributed by atoms with E-state index in [-0.39, 0.29) is 5.56 Å². The van der Waals surface area contributed by atoms with Gasteiger partial charge in [0.15, 0.2) is 5.58 Å². The smallest absolute Gasteiger partial charge is 0.336 e. The Balaban J connectivity index is 1.61. The molecule has 1 aromatic heterocycles. The van der Waals surface area contributed by atoms with Gasteiger partial charge in [0.1, 0.15) is 5.52 Å². The van der Waals surface area contributed by atoms with Crippen LogP contribution in [-0.2, 0) is 4.74 Å². The predicted octanol–water partition coefficient (Wildman–Crippen LogP) is 6.58. The Morgan fingerprint density at radius 2 is 1.83 bits per heavy atom. The monoisotopic (exact) mass is 485 g/mol. The van der Waals surface area contributed by atoms with Gasteiger partial charge in [-0.05, 0) is 60.2 Å². The van der Waals surface area contributed by atoms with Crippen LogP contribution in [0.5, 0.6) is 0 Å². The number of nitrogens with zero attached hydrogens (tertiary/aromatic N) is 2. The van der Waals surface area contributed by atoms with Crippen LogP contribution in [0.4, 0.5) is 17.4 Å². The highest BCUT2D eigenvalue weighted by molar-refractivity contribution is 5.97. The molecule has 0 aliphatic carbocycles. The summed E-state index contributed by atoms with van der Waals surface area (Å²) in [7, 11) is 0. The lowest BCUT2D eigenvalue weighted by molar-refractivity contribution is 0.0697. The molecule has 0 spiro atoms. The Labute approximate surface area is 210 Å². The quantitative estimate of drug-likeness (QED) is 0.291. The molecule has 1 fully saturated rings. The van der Waals surface area contributed by atoms with E-state index in [1.54, 1.807) is 12.1 Å². The molecule has 0 amide bonds. The number of aromatic nitrogens is 1. The minimum atomic E-state index is -0.952. The molecule has 186 valence electrons. The molecule has 3 aromatic carbocycles. The van der Waals surface area contributed by atoms with Crippen molar-refractivity contribution < 1.29 is 19.1 Å². The van der Waals surface area contributed by atoms with Crippen LogP contribution in [0.1, 0.15) is 37.0 Å². The van der Waals surface area contributed by atoms with Crippen molar-refractivity contribution in [2.24, 2.45) is 5.92 Å². The summed E-state index contributed by atoms with van der Waals surface area (Å²) in [5, 5.41) is 13.2. The van der Waals surface area contributed by atoms with E-state index in [0.717, 1.165) is 55.1 Å². The van der Waals surface area contributed by atoms with Gasteiger partial charge >= 0.3 is 5.97 Å². The number of hydrogen-bond donors (Lipinski definition) is 2. The van der Waals surface area contributed by atoms with Gasteiger partial charge < -0.3 is 24.5 Å². The van der Waals surface area contributed by atoms with Crippen LogP contribution in [0.3, 0.4) is 0 Å². The van der Waals surface area contributed by atoms with E-state index in [1.807, 2.05) is 48.5 Å². The van der Waals surface area contributed by atoms with Gasteiger partial charge in [-0.3, -0.25) is 0 Å². The summed E-state index contributed by atoms with van der Waals surface area (Å²) in [6.45, 7) is 6.82. The third kappa shape index (κ3) is 5.06. The first-order valence-corrected chi connectivity index (χ1v) is 12.4. The third-order valence-electron chi connectivity index (χ3n) is 6.50. The number of carbonyl (C=O) groups is 1. The van der Waals surface area contributed by atoms with Crippen molar-refractivity contribution >= 4 is 34.5 Å². The van der Waals surface area contributed by atoms with E-state index in [0.29, 0.717) is 29.1 Å². The van der Waals surface area contributed by atoms with Gasteiger partial charge in [-0.25, -0.2) is 4.79 Å². The number of aromatic carboxylic acids is 1. The Kier molecular flexibility index (Phi) is 6.91. The molecule has 7 heteroatoms. The van der Waals surface area contributed by atoms with Crippen LogP contribution in [0.2, 0.25) is 0 Å². The fraction of sp³-hybridized carbons (Fsp3) is 0.310. The van der Waals surface area contributed by atoms with Crippen molar-refractivity contribution in [1.82, 2.24) is 4.98 Å². The Hall–Kier alpha value is -3.84. The van der Waals surface area contributed by atoms with Gasteiger partial charge in [0.2, 0.25) is 0 Å². The van der Waals surface area contributed by atoms with Gasteiger partial charge in [0, 0.05) is 25.8 Å². The van der Waals surface area contributed by atoms with E-state index in [4.69, 9.17) is 9.15 Å². The van der Waals surface area contributed by atoms with Gasteiger partial charge in [0.05, 0.1) is 16.9 Å². The standard InChI is InChI=1S/C29H31N3O4/c1-19(2)18-32(21-13-15-35-16-14-21)26-12-11-20(22-7-3-4-8-23(22)28(33)34)17-25(26)31-29-30-24-9-5-6-10-27(24)36-29/h3-12,17,19,21H,13-16,18H2,1-2H3,(H,30,31)(H,33,34). The number of oxazole rings is 1. The Bertz CT molecular complexity index is 1320. The molecule has 7 nitrogen and oxygen atoms in total. The predicted molar refractivity (Wildman–Crippen MR) is 142 cm³/mol. The summed E-state index contributed by atoms with van der Waals surface area (Å²) in [5.41, 5.74) is 5.09. The number of nitrogens with one attached hydrogen (secondary N) is 1. The molecule has 0 unspecified atom stereocenters. The van der Waals surface area contributed by atoms with Crippen molar-refractivity contribution in [3.8, 4) is 11.1 Å². The lowest BCUT2D eigenvalue weighted by Crippen LogP contribution is -2.42. The third-order valence-corrected chi connectivity index (χ3v) is 6.50. The molecular weight excluding hydrogens is 454 g/mol. The maximum absolute atomic E-state index is 11.9. The van der Waals surface area contributed by atoms with Gasteiger partial charge in [0.25, 0.3) is 6.01 Å². The maximum Gasteiger partial charge on any atom is 0.336 e. The number of carboxylic acid groups (broad SMARTS) is 1. The van der Waals surface area contributed by atoms with Crippen molar-refractivity contribution in [3.05, 3.63) is 72.3 Å². The molecule has 0 radical (unpaired) electrons. The number of fused-ring (bicyclic) bond motifs is 1. The summed E-state index contributed by atoms with van der Waals surface area (Å²) in [5.74, 6) is -0.496. The average molecular weight is 486 g/mol. The highest BCUT2D eigenvalue weighted by Crippen LogP contribution is 2.37. The van der Waals surface area contributed by atoms with Crippen LogP contribution >= 0.6 is 0 Å². The molecule has 2 heterocycles. The van der Waals surface area contributed by atoms with Crippen LogP contribution in [0.15, 0.2) is 71.1 Å². The second-order valence-corrected chi connectivity index (χ2v) is 9.58. The lowest BCUT2D eigenvalue weighted by Gasteiger charge is -2.38. The Morgan fingerprint density at radius 3 is 2.58 bits per heavy atom. The molecule has 36 heavy (non-hydrogen) atoms. The van der Waals surface area contributed by atoms with Crippen molar-refractivity contribution in [3.63, 3.8) is 0 Å². The largest absolute Gasteiger partial charge is 0.478 e.